The quantitative estimate of drug-likeness (QED) is 0.845. The summed E-state index contributed by atoms with van der Waals surface area (Å²) in [5.74, 6) is 0.954. The Hall–Kier alpha value is -1.06. The maximum Gasteiger partial charge on any atom is 0.119 e. The SMILES string of the molecule is COc1cc(C)c(C2CNCCN2C)c(C)c1. The predicted octanol–water partition coefficient (Wildman–Crippen LogP) is 1.89. The molecule has 0 radical (unpaired) electrons. The van der Waals surface area contributed by atoms with Gasteiger partial charge < -0.3 is 10.1 Å². The number of aryl methyl sites for hydroxylation is 2. The normalized spacial score (nSPS) is 21.5. The molecule has 0 aliphatic carbocycles. The molecule has 1 atom stereocenters. The van der Waals surface area contributed by atoms with Crippen molar-refractivity contribution in [2.75, 3.05) is 33.8 Å². The van der Waals surface area contributed by atoms with Gasteiger partial charge in [-0.2, -0.15) is 0 Å². The van der Waals surface area contributed by atoms with Gasteiger partial charge in [-0.25, -0.2) is 0 Å². The minimum Gasteiger partial charge on any atom is -0.497 e. The van der Waals surface area contributed by atoms with Crippen molar-refractivity contribution < 1.29 is 4.74 Å². The number of benzene rings is 1. The summed E-state index contributed by atoms with van der Waals surface area (Å²) in [6.07, 6.45) is 0. The molecule has 1 heterocycles. The monoisotopic (exact) mass is 234 g/mol. The standard InChI is InChI=1S/C14H22N2O/c1-10-7-12(17-4)8-11(2)14(10)13-9-15-5-6-16(13)3/h7-8,13,15H,5-6,9H2,1-4H3. The summed E-state index contributed by atoms with van der Waals surface area (Å²) in [4.78, 5) is 2.43. The second-order valence-electron chi connectivity index (χ2n) is 4.88. The smallest absolute Gasteiger partial charge is 0.119 e. The fourth-order valence-electron chi connectivity index (χ4n) is 2.71. The average molecular weight is 234 g/mol. The molecule has 94 valence electrons. The van der Waals surface area contributed by atoms with Gasteiger partial charge in [-0.1, -0.05) is 0 Å². The van der Waals surface area contributed by atoms with Crippen LogP contribution in [-0.2, 0) is 0 Å². The molecule has 3 nitrogen and oxygen atoms in total. The van der Waals surface area contributed by atoms with Gasteiger partial charge in [0.2, 0.25) is 0 Å². The zero-order valence-corrected chi connectivity index (χ0v) is 11.2. The lowest BCUT2D eigenvalue weighted by molar-refractivity contribution is 0.201. The van der Waals surface area contributed by atoms with Crippen LogP contribution in [0.1, 0.15) is 22.7 Å². The largest absolute Gasteiger partial charge is 0.497 e. The molecular weight excluding hydrogens is 212 g/mol. The Morgan fingerprint density at radius 1 is 1.29 bits per heavy atom. The lowest BCUT2D eigenvalue weighted by Gasteiger charge is -2.35. The van der Waals surface area contributed by atoms with Crippen molar-refractivity contribution >= 4 is 0 Å². The first kappa shape index (κ1) is 12.4. The highest BCUT2D eigenvalue weighted by molar-refractivity contribution is 5.43. The van der Waals surface area contributed by atoms with Crippen molar-refractivity contribution in [2.24, 2.45) is 0 Å². The Bertz CT molecular complexity index is 380. The highest BCUT2D eigenvalue weighted by Crippen LogP contribution is 2.30. The Morgan fingerprint density at radius 2 is 1.94 bits per heavy atom. The van der Waals surface area contributed by atoms with Crippen LogP contribution in [0, 0.1) is 13.8 Å². The second-order valence-corrected chi connectivity index (χ2v) is 4.88. The van der Waals surface area contributed by atoms with Crippen molar-refractivity contribution in [3.05, 3.63) is 28.8 Å². The zero-order chi connectivity index (χ0) is 12.4. The summed E-state index contributed by atoms with van der Waals surface area (Å²) >= 11 is 0. The van der Waals surface area contributed by atoms with Crippen LogP contribution in [0.2, 0.25) is 0 Å². The average Bonchev–Trinajstić information content (AvgIpc) is 2.30. The Kier molecular flexibility index (Phi) is 3.69. The van der Waals surface area contributed by atoms with Crippen molar-refractivity contribution in [2.45, 2.75) is 19.9 Å². The Morgan fingerprint density at radius 3 is 2.47 bits per heavy atom. The predicted molar refractivity (Wildman–Crippen MR) is 70.7 cm³/mol. The second kappa shape index (κ2) is 5.07. The van der Waals surface area contributed by atoms with Crippen LogP contribution in [0.15, 0.2) is 12.1 Å². The molecule has 0 amide bonds. The highest BCUT2D eigenvalue weighted by Gasteiger charge is 2.23. The van der Waals surface area contributed by atoms with E-state index in [1.807, 2.05) is 0 Å². The number of hydrogen-bond acceptors (Lipinski definition) is 3. The molecule has 1 N–H and O–H groups in total. The molecule has 1 fully saturated rings. The minimum absolute atomic E-state index is 0.481. The van der Waals surface area contributed by atoms with Crippen LogP contribution >= 0.6 is 0 Å². The molecule has 3 heteroatoms. The highest BCUT2D eigenvalue weighted by atomic mass is 16.5. The van der Waals surface area contributed by atoms with E-state index >= 15 is 0 Å². The molecule has 0 spiro atoms. The van der Waals surface area contributed by atoms with E-state index in [0.29, 0.717) is 6.04 Å². The third-order valence-electron chi connectivity index (χ3n) is 3.65. The van der Waals surface area contributed by atoms with Crippen LogP contribution in [0.3, 0.4) is 0 Å². The van der Waals surface area contributed by atoms with Crippen LogP contribution in [0.25, 0.3) is 0 Å². The van der Waals surface area contributed by atoms with Gasteiger partial charge in [-0.05, 0) is 49.7 Å². The summed E-state index contributed by atoms with van der Waals surface area (Å²) in [6, 6.07) is 4.74. The zero-order valence-electron chi connectivity index (χ0n) is 11.2. The molecular formula is C14H22N2O. The van der Waals surface area contributed by atoms with Crippen LogP contribution in [0.5, 0.6) is 5.75 Å². The lowest BCUT2D eigenvalue weighted by atomic mass is 9.94. The molecule has 0 bridgehead atoms. The third-order valence-corrected chi connectivity index (χ3v) is 3.65. The fraction of sp³-hybridized carbons (Fsp3) is 0.571. The minimum atomic E-state index is 0.481. The number of nitrogens with one attached hydrogen (secondary N) is 1. The molecule has 1 aliphatic heterocycles. The van der Waals surface area contributed by atoms with E-state index in [9.17, 15) is 0 Å². The number of rotatable bonds is 2. The van der Waals surface area contributed by atoms with E-state index in [2.05, 4.69) is 43.2 Å². The molecule has 17 heavy (non-hydrogen) atoms. The number of likely N-dealkylation sites (N-methyl/N-ethyl adjacent to an activating group) is 1. The van der Waals surface area contributed by atoms with Gasteiger partial charge in [-0.3, -0.25) is 4.90 Å². The Balaban J connectivity index is 2.37. The Labute approximate surface area is 104 Å². The van der Waals surface area contributed by atoms with Gasteiger partial charge >= 0.3 is 0 Å². The van der Waals surface area contributed by atoms with Crippen molar-refractivity contribution in [3.63, 3.8) is 0 Å². The van der Waals surface area contributed by atoms with Crippen LogP contribution < -0.4 is 10.1 Å². The number of ether oxygens (including phenoxy) is 1. The van der Waals surface area contributed by atoms with Crippen molar-refractivity contribution in [1.29, 1.82) is 0 Å². The number of nitrogens with zero attached hydrogens (tertiary/aromatic N) is 1. The van der Waals surface area contributed by atoms with E-state index in [4.69, 9.17) is 4.74 Å². The van der Waals surface area contributed by atoms with Crippen molar-refractivity contribution in [3.8, 4) is 5.75 Å². The summed E-state index contributed by atoms with van der Waals surface area (Å²) in [5.41, 5.74) is 4.09. The van der Waals surface area contributed by atoms with Gasteiger partial charge in [0, 0.05) is 25.7 Å². The van der Waals surface area contributed by atoms with Crippen LogP contribution in [-0.4, -0.2) is 38.7 Å². The van der Waals surface area contributed by atoms with Gasteiger partial charge in [0.15, 0.2) is 0 Å². The van der Waals surface area contributed by atoms with Gasteiger partial charge in [-0.15, -0.1) is 0 Å². The van der Waals surface area contributed by atoms with E-state index in [1.54, 1.807) is 7.11 Å². The van der Waals surface area contributed by atoms with E-state index < -0.39 is 0 Å². The molecule has 0 saturated carbocycles. The third kappa shape index (κ3) is 2.45. The first-order valence-corrected chi connectivity index (χ1v) is 6.19. The molecule has 1 saturated heterocycles. The number of methoxy groups -OCH3 is 1. The van der Waals surface area contributed by atoms with Gasteiger partial charge in [0.25, 0.3) is 0 Å². The van der Waals surface area contributed by atoms with Crippen molar-refractivity contribution in [1.82, 2.24) is 10.2 Å². The van der Waals surface area contributed by atoms with E-state index in [-0.39, 0.29) is 0 Å². The molecule has 1 aromatic rings. The van der Waals surface area contributed by atoms with E-state index in [0.717, 1.165) is 25.4 Å². The summed E-state index contributed by atoms with van der Waals surface area (Å²) < 4.78 is 5.32. The molecule has 2 rings (SSSR count). The fourth-order valence-corrected chi connectivity index (χ4v) is 2.71. The molecule has 1 unspecified atom stereocenters. The first-order valence-electron chi connectivity index (χ1n) is 6.19. The summed E-state index contributed by atoms with van der Waals surface area (Å²) in [5, 5.41) is 3.47. The van der Waals surface area contributed by atoms with Gasteiger partial charge in [0.05, 0.1) is 7.11 Å². The summed E-state index contributed by atoms with van der Waals surface area (Å²) in [7, 11) is 3.93. The summed E-state index contributed by atoms with van der Waals surface area (Å²) in [6.45, 7) is 7.57. The topological polar surface area (TPSA) is 24.5 Å². The lowest BCUT2D eigenvalue weighted by Crippen LogP contribution is -2.44. The first-order chi connectivity index (χ1) is 8.13. The number of hydrogen-bond donors (Lipinski definition) is 1. The molecule has 0 aromatic heterocycles. The maximum atomic E-state index is 5.32. The number of piperazine rings is 1. The molecule has 1 aromatic carbocycles. The maximum absolute atomic E-state index is 5.32. The van der Waals surface area contributed by atoms with Crippen LogP contribution in [0.4, 0.5) is 0 Å². The molecule has 1 aliphatic rings. The van der Waals surface area contributed by atoms with E-state index in [1.165, 1.54) is 16.7 Å². The van der Waals surface area contributed by atoms with Gasteiger partial charge in [0.1, 0.15) is 5.75 Å².